The summed E-state index contributed by atoms with van der Waals surface area (Å²) in [5.74, 6) is 1.77. The molecule has 1 saturated heterocycles. The molecule has 7 nitrogen and oxygen atoms in total. The monoisotopic (exact) mass is 376 g/mol. The van der Waals surface area contributed by atoms with Crippen LogP contribution in [0, 0.1) is 0 Å². The lowest BCUT2D eigenvalue weighted by Gasteiger charge is -2.35. The van der Waals surface area contributed by atoms with Gasteiger partial charge in [-0.3, -0.25) is 4.79 Å². The Morgan fingerprint density at radius 2 is 1.57 bits per heavy atom. The number of carbonyl (C=O) groups excluding carboxylic acids is 1. The highest BCUT2D eigenvalue weighted by Crippen LogP contribution is 2.17. The van der Waals surface area contributed by atoms with E-state index in [2.05, 4.69) is 15.1 Å². The van der Waals surface area contributed by atoms with Crippen LogP contribution in [0.3, 0.4) is 0 Å². The summed E-state index contributed by atoms with van der Waals surface area (Å²) in [4.78, 5) is 18.8. The molecule has 1 aliphatic rings. The van der Waals surface area contributed by atoms with E-state index in [9.17, 15) is 4.79 Å². The first-order valence-electron chi connectivity index (χ1n) is 9.40. The van der Waals surface area contributed by atoms with Gasteiger partial charge in [0.2, 0.25) is 0 Å². The number of amides is 1. The van der Waals surface area contributed by atoms with Crippen molar-refractivity contribution in [2.45, 2.75) is 0 Å². The summed E-state index contributed by atoms with van der Waals surface area (Å²) >= 11 is 0. The fourth-order valence-electron chi connectivity index (χ4n) is 3.33. The van der Waals surface area contributed by atoms with Crippen LogP contribution in [0.1, 0.15) is 10.4 Å². The molecule has 1 fully saturated rings. The van der Waals surface area contributed by atoms with Gasteiger partial charge in [0.05, 0.1) is 0 Å². The minimum atomic E-state index is 0.0766. The Bertz CT molecular complexity index is 911. The van der Waals surface area contributed by atoms with Crippen molar-refractivity contribution in [1.29, 1.82) is 0 Å². The van der Waals surface area contributed by atoms with Crippen LogP contribution in [-0.2, 0) is 0 Å². The number of piperazine rings is 1. The summed E-state index contributed by atoms with van der Waals surface area (Å²) in [6.07, 6.45) is 3.98. The van der Waals surface area contributed by atoms with E-state index in [1.165, 1.54) is 0 Å². The second-order valence-corrected chi connectivity index (χ2v) is 7.06. The van der Waals surface area contributed by atoms with E-state index in [0.29, 0.717) is 13.1 Å². The third-order valence-electron chi connectivity index (χ3n) is 5.00. The maximum absolute atomic E-state index is 12.8. The van der Waals surface area contributed by atoms with Gasteiger partial charge in [-0.15, -0.1) is 10.2 Å². The number of anilines is 2. The molecular weight excluding hydrogens is 352 g/mol. The number of nitrogens with zero attached hydrogens (tertiary/aromatic N) is 6. The molecule has 0 aliphatic carbocycles. The van der Waals surface area contributed by atoms with Gasteiger partial charge in [-0.1, -0.05) is 0 Å². The fourth-order valence-corrected chi connectivity index (χ4v) is 3.33. The molecule has 1 amide bonds. The number of rotatable bonds is 4. The molecule has 0 atom stereocenters. The van der Waals surface area contributed by atoms with Gasteiger partial charge in [0, 0.05) is 63.9 Å². The largest absolute Gasteiger partial charge is 0.361 e. The Labute approximate surface area is 164 Å². The third kappa shape index (κ3) is 3.69. The van der Waals surface area contributed by atoms with Gasteiger partial charge in [-0.2, -0.15) is 0 Å². The van der Waals surface area contributed by atoms with Crippen LogP contribution in [-0.4, -0.2) is 65.8 Å². The van der Waals surface area contributed by atoms with Gasteiger partial charge in [-0.25, -0.2) is 0 Å². The van der Waals surface area contributed by atoms with Gasteiger partial charge in [0.25, 0.3) is 5.91 Å². The van der Waals surface area contributed by atoms with Crippen LogP contribution < -0.4 is 9.80 Å². The van der Waals surface area contributed by atoms with Crippen molar-refractivity contribution < 1.29 is 4.79 Å². The molecule has 1 aromatic carbocycles. The summed E-state index contributed by atoms with van der Waals surface area (Å²) in [7, 11) is 3.89. The number of hydrogen-bond donors (Lipinski definition) is 0. The Kier molecular flexibility index (Phi) is 4.97. The first-order chi connectivity index (χ1) is 13.6. The van der Waals surface area contributed by atoms with Crippen molar-refractivity contribution in [2.75, 3.05) is 50.1 Å². The third-order valence-corrected chi connectivity index (χ3v) is 5.00. The van der Waals surface area contributed by atoms with E-state index in [1.54, 1.807) is 0 Å². The lowest BCUT2D eigenvalue weighted by Crippen LogP contribution is -2.49. The molecule has 28 heavy (non-hydrogen) atoms. The number of benzene rings is 1. The molecule has 7 heteroatoms. The van der Waals surface area contributed by atoms with E-state index in [-0.39, 0.29) is 5.91 Å². The van der Waals surface area contributed by atoms with Crippen LogP contribution in [0.5, 0.6) is 0 Å². The Balaban J connectivity index is 1.37. The quantitative estimate of drug-likeness (QED) is 0.699. The van der Waals surface area contributed by atoms with E-state index < -0.39 is 0 Å². The number of hydrogen-bond acceptors (Lipinski definition) is 5. The molecule has 144 valence electrons. The van der Waals surface area contributed by atoms with E-state index in [1.807, 2.05) is 89.4 Å². The van der Waals surface area contributed by atoms with Crippen molar-refractivity contribution in [1.82, 2.24) is 19.7 Å². The van der Waals surface area contributed by atoms with E-state index >= 15 is 0 Å². The number of carbonyl (C=O) groups is 1. The molecule has 0 radical (unpaired) electrons. The molecule has 0 bridgehead atoms. The summed E-state index contributed by atoms with van der Waals surface area (Å²) in [6, 6.07) is 15.7. The van der Waals surface area contributed by atoms with Crippen molar-refractivity contribution in [3.05, 3.63) is 66.5 Å². The maximum atomic E-state index is 12.8. The number of aromatic nitrogens is 3. The normalized spacial score (nSPS) is 14.2. The molecule has 0 N–H and O–H groups in total. The average Bonchev–Trinajstić information content (AvgIpc) is 3.28. The minimum Gasteiger partial charge on any atom is -0.361 e. The minimum absolute atomic E-state index is 0.0766. The molecule has 2 aromatic heterocycles. The van der Waals surface area contributed by atoms with Gasteiger partial charge >= 0.3 is 0 Å². The summed E-state index contributed by atoms with van der Waals surface area (Å²) < 4.78 is 2.02. The van der Waals surface area contributed by atoms with Crippen LogP contribution in [0.15, 0.2) is 60.9 Å². The van der Waals surface area contributed by atoms with Crippen molar-refractivity contribution in [3.8, 4) is 5.69 Å². The Hall–Kier alpha value is -3.35. The smallest absolute Gasteiger partial charge is 0.253 e. The Morgan fingerprint density at radius 3 is 2.14 bits per heavy atom. The second kappa shape index (κ2) is 7.72. The molecule has 0 saturated carbocycles. The second-order valence-electron chi connectivity index (χ2n) is 7.06. The van der Waals surface area contributed by atoms with Crippen LogP contribution >= 0.6 is 0 Å². The first-order valence-corrected chi connectivity index (χ1v) is 9.40. The lowest BCUT2D eigenvalue weighted by atomic mass is 10.1. The van der Waals surface area contributed by atoms with Gasteiger partial charge in [0.15, 0.2) is 11.6 Å². The van der Waals surface area contributed by atoms with Crippen LogP contribution in [0.2, 0.25) is 0 Å². The maximum Gasteiger partial charge on any atom is 0.253 e. The zero-order valence-electron chi connectivity index (χ0n) is 16.2. The lowest BCUT2D eigenvalue weighted by molar-refractivity contribution is 0.0746. The van der Waals surface area contributed by atoms with Gasteiger partial charge in [0.1, 0.15) is 0 Å². The predicted molar refractivity (Wildman–Crippen MR) is 110 cm³/mol. The van der Waals surface area contributed by atoms with E-state index in [0.717, 1.165) is 36.0 Å². The molecule has 0 unspecified atom stereocenters. The summed E-state index contributed by atoms with van der Waals surface area (Å²) in [5.41, 5.74) is 1.77. The highest BCUT2D eigenvalue weighted by molar-refractivity contribution is 5.94. The SMILES string of the molecule is CN(C)c1ccc(N2CCN(C(=O)c3ccc(-n4cccc4)cc3)CC2)nn1. The molecular formula is C21H24N6O. The zero-order chi connectivity index (χ0) is 19.5. The van der Waals surface area contributed by atoms with Gasteiger partial charge in [-0.05, 0) is 48.5 Å². The topological polar surface area (TPSA) is 57.5 Å². The van der Waals surface area contributed by atoms with Crippen molar-refractivity contribution >= 4 is 17.5 Å². The average molecular weight is 376 g/mol. The molecule has 0 spiro atoms. The summed E-state index contributed by atoms with van der Waals surface area (Å²) in [6.45, 7) is 2.86. The molecule has 3 heterocycles. The summed E-state index contributed by atoms with van der Waals surface area (Å²) in [5, 5.41) is 8.55. The van der Waals surface area contributed by atoms with Gasteiger partial charge < -0.3 is 19.3 Å². The fraction of sp³-hybridized carbons (Fsp3) is 0.286. The zero-order valence-corrected chi connectivity index (χ0v) is 16.2. The molecule has 4 rings (SSSR count). The first kappa shape index (κ1) is 18.0. The Morgan fingerprint density at radius 1 is 0.893 bits per heavy atom. The molecule has 3 aromatic rings. The van der Waals surface area contributed by atoms with Crippen LogP contribution in [0.4, 0.5) is 11.6 Å². The van der Waals surface area contributed by atoms with Crippen molar-refractivity contribution in [3.63, 3.8) is 0 Å². The highest BCUT2D eigenvalue weighted by Gasteiger charge is 2.23. The molecule has 1 aliphatic heterocycles. The van der Waals surface area contributed by atoms with E-state index in [4.69, 9.17) is 0 Å². The predicted octanol–water partition coefficient (Wildman–Crippen LogP) is 2.30. The standard InChI is InChI=1S/C21H24N6O/c1-24(2)19-9-10-20(23-22-19)26-13-15-27(16-14-26)21(28)17-5-7-18(8-6-17)25-11-3-4-12-25/h3-12H,13-16H2,1-2H3. The van der Waals surface area contributed by atoms with Crippen molar-refractivity contribution in [2.24, 2.45) is 0 Å². The van der Waals surface area contributed by atoms with Crippen LogP contribution in [0.25, 0.3) is 5.69 Å². The highest BCUT2D eigenvalue weighted by atomic mass is 16.2.